The summed E-state index contributed by atoms with van der Waals surface area (Å²) in [7, 11) is 0. The average Bonchev–Trinajstić information content (AvgIpc) is 3.14. The van der Waals surface area contributed by atoms with Gasteiger partial charge in [0.1, 0.15) is 0 Å². The summed E-state index contributed by atoms with van der Waals surface area (Å²) >= 11 is 0. The molecule has 2 heterocycles. The van der Waals surface area contributed by atoms with Gasteiger partial charge in [-0.3, -0.25) is 14.5 Å². The molecule has 0 aliphatic carbocycles. The smallest absolute Gasteiger partial charge is 0.234 e. The maximum Gasteiger partial charge on any atom is 0.234 e. The van der Waals surface area contributed by atoms with Crippen LogP contribution < -0.4 is 10.6 Å². The van der Waals surface area contributed by atoms with E-state index in [0.29, 0.717) is 19.0 Å². The highest BCUT2D eigenvalue weighted by molar-refractivity contribution is 5.88. The van der Waals surface area contributed by atoms with Gasteiger partial charge in [-0.2, -0.15) is 0 Å². The zero-order chi connectivity index (χ0) is 19.1. The van der Waals surface area contributed by atoms with Crippen LogP contribution in [0.5, 0.6) is 0 Å². The summed E-state index contributed by atoms with van der Waals surface area (Å²) in [5, 5.41) is 5.72. The Hall–Kier alpha value is -2.67. The van der Waals surface area contributed by atoms with Crippen LogP contribution in [0.2, 0.25) is 0 Å². The zero-order valence-corrected chi connectivity index (χ0v) is 15.7. The van der Waals surface area contributed by atoms with E-state index in [1.54, 1.807) is 6.20 Å². The highest BCUT2D eigenvalue weighted by Gasteiger charge is 2.21. The Kier molecular flexibility index (Phi) is 6.59. The van der Waals surface area contributed by atoms with Crippen LogP contribution in [-0.4, -0.2) is 45.9 Å². The zero-order valence-electron chi connectivity index (χ0n) is 15.7. The van der Waals surface area contributed by atoms with Crippen molar-refractivity contribution in [1.29, 1.82) is 0 Å². The van der Waals surface area contributed by atoms with Gasteiger partial charge in [0.25, 0.3) is 0 Å². The van der Waals surface area contributed by atoms with Crippen molar-refractivity contribution in [3.05, 3.63) is 48.5 Å². The van der Waals surface area contributed by atoms with Crippen LogP contribution in [0.1, 0.15) is 25.3 Å². The van der Waals surface area contributed by atoms with Crippen LogP contribution in [-0.2, 0) is 22.7 Å². The lowest BCUT2D eigenvalue weighted by molar-refractivity contribution is -0.122. The molecule has 1 aliphatic rings. The molecule has 0 spiro atoms. The summed E-state index contributed by atoms with van der Waals surface area (Å²) in [5.41, 5.74) is 1.77. The van der Waals surface area contributed by atoms with Gasteiger partial charge in [-0.25, -0.2) is 4.98 Å². The molecule has 0 radical (unpaired) electrons. The van der Waals surface area contributed by atoms with Crippen LogP contribution in [0.3, 0.4) is 0 Å². The van der Waals surface area contributed by atoms with E-state index in [2.05, 4.69) is 25.1 Å². The third-order valence-corrected chi connectivity index (χ3v) is 4.76. The van der Waals surface area contributed by atoms with Gasteiger partial charge in [-0.15, -0.1) is 0 Å². The Bertz CT molecular complexity index is 742. The van der Waals surface area contributed by atoms with Crippen molar-refractivity contribution in [2.24, 2.45) is 5.92 Å². The first kappa shape index (κ1) is 19.1. The van der Waals surface area contributed by atoms with Gasteiger partial charge in [-0.05, 0) is 43.0 Å². The van der Waals surface area contributed by atoms with Crippen LogP contribution in [0.25, 0.3) is 0 Å². The summed E-state index contributed by atoms with van der Waals surface area (Å²) in [6.07, 6.45) is 7.96. The van der Waals surface area contributed by atoms with Gasteiger partial charge in [0, 0.05) is 44.6 Å². The van der Waals surface area contributed by atoms with Gasteiger partial charge < -0.3 is 15.2 Å². The Morgan fingerprint density at radius 1 is 1.26 bits per heavy atom. The second-order valence-electron chi connectivity index (χ2n) is 7.16. The first-order valence-corrected chi connectivity index (χ1v) is 9.40. The van der Waals surface area contributed by atoms with Gasteiger partial charge in [0.05, 0.1) is 12.9 Å². The first-order chi connectivity index (χ1) is 13.1. The van der Waals surface area contributed by atoms with Gasteiger partial charge >= 0.3 is 0 Å². The van der Waals surface area contributed by atoms with E-state index in [1.807, 2.05) is 36.8 Å². The first-order valence-electron chi connectivity index (χ1n) is 9.40. The predicted octanol–water partition coefficient (Wildman–Crippen LogP) is 1.87. The molecule has 0 saturated carbocycles. The van der Waals surface area contributed by atoms with Crippen molar-refractivity contribution in [2.45, 2.75) is 32.9 Å². The van der Waals surface area contributed by atoms with Crippen molar-refractivity contribution in [2.75, 3.05) is 25.0 Å². The number of imidazole rings is 1. The number of hydrogen-bond acceptors (Lipinski definition) is 4. The third-order valence-electron chi connectivity index (χ3n) is 4.76. The van der Waals surface area contributed by atoms with E-state index in [4.69, 9.17) is 0 Å². The van der Waals surface area contributed by atoms with Crippen molar-refractivity contribution in [3.8, 4) is 0 Å². The molecular weight excluding hydrogens is 342 g/mol. The number of nitrogens with zero attached hydrogens (tertiary/aromatic N) is 3. The summed E-state index contributed by atoms with van der Waals surface area (Å²) in [6, 6.07) is 7.50. The maximum atomic E-state index is 12.3. The lowest BCUT2D eigenvalue weighted by atomic mass is 9.98. The van der Waals surface area contributed by atoms with Gasteiger partial charge in [0.2, 0.25) is 11.8 Å². The molecule has 2 N–H and O–H groups in total. The SMILES string of the molecule is CC(=O)Nc1ccc(CNC(=O)CN2CCC[C@@H](Cn3ccnc3)C2)cc1. The fourth-order valence-electron chi connectivity index (χ4n) is 3.51. The number of likely N-dealkylation sites (tertiary alicyclic amines) is 1. The number of carbonyl (C=O) groups excluding carboxylic acids is 2. The topological polar surface area (TPSA) is 79.3 Å². The quantitative estimate of drug-likeness (QED) is 0.781. The average molecular weight is 369 g/mol. The van der Waals surface area contributed by atoms with Crippen LogP contribution >= 0.6 is 0 Å². The molecule has 1 aromatic heterocycles. The van der Waals surface area contributed by atoms with E-state index in [9.17, 15) is 9.59 Å². The van der Waals surface area contributed by atoms with E-state index in [-0.39, 0.29) is 11.8 Å². The van der Waals surface area contributed by atoms with E-state index >= 15 is 0 Å². The molecule has 2 aromatic rings. The van der Waals surface area contributed by atoms with Crippen LogP contribution in [0.15, 0.2) is 43.0 Å². The Morgan fingerprint density at radius 2 is 2.07 bits per heavy atom. The lowest BCUT2D eigenvalue weighted by Gasteiger charge is -2.32. The molecule has 1 atom stereocenters. The minimum absolute atomic E-state index is 0.0456. The normalized spacial score (nSPS) is 17.4. The number of anilines is 1. The largest absolute Gasteiger partial charge is 0.351 e. The number of carbonyl (C=O) groups is 2. The number of nitrogens with one attached hydrogen (secondary N) is 2. The Morgan fingerprint density at radius 3 is 2.78 bits per heavy atom. The predicted molar refractivity (Wildman–Crippen MR) is 104 cm³/mol. The highest BCUT2D eigenvalue weighted by atomic mass is 16.2. The monoisotopic (exact) mass is 369 g/mol. The molecule has 0 bridgehead atoms. The van der Waals surface area contributed by atoms with E-state index < -0.39 is 0 Å². The fraction of sp³-hybridized carbons (Fsp3) is 0.450. The fourth-order valence-corrected chi connectivity index (χ4v) is 3.51. The summed E-state index contributed by atoms with van der Waals surface area (Å²) < 4.78 is 2.11. The molecule has 144 valence electrons. The molecule has 2 amide bonds. The van der Waals surface area contributed by atoms with Crippen molar-refractivity contribution in [1.82, 2.24) is 19.8 Å². The molecule has 7 heteroatoms. The second kappa shape index (κ2) is 9.32. The number of rotatable bonds is 7. The number of benzene rings is 1. The lowest BCUT2D eigenvalue weighted by Crippen LogP contribution is -2.43. The molecule has 27 heavy (non-hydrogen) atoms. The minimum Gasteiger partial charge on any atom is -0.351 e. The highest BCUT2D eigenvalue weighted by Crippen LogP contribution is 2.18. The molecule has 1 aliphatic heterocycles. The molecule has 7 nitrogen and oxygen atoms in total. The minimum atomic E-state index is -0.0936. The van der Waals surface area contributed by atoms with Crippen molar-refractivity contribution < 1.29 is 9.59 Å². The van der Waals surface area contributed by atoms with Gasteiger partial charge in [0.15, 0.2) is 0 Å². The van der Waals surface area contributed by atoms with E-state index in [0.717, 1.165) is 37.3 Å². The molecule has 0 unspecified atom stereocenters. The summed E-state index contributed by atoms with van der Waals surface area (Å²) in [6.45, 7) is 5.28. The number of piperidine rings is 1. The van der Waals surface area contributed by atoms with Crippen molar-refractivity contribution >= 4 is 17.5 Å². The maximum absolute atomic E-state index is 12.3. The second-order valence-corrected chi connectivity index (χ2v) is 7.16. The molecule has 1 saturated heterocycles. The van der Waals surface area contributed by atoms with Crippen LogP contribution in [0.4, 0.5) is 5.69 Å². The number of hydrogen-bond donors (Lipinski definition) is 2. The summed E-state index contributed by atoms with van der Waals surface area (Å²) in [4.78, 5) is 29.7. The molecular formula is C20H27N5O2. The Balaban J connectivity index is 1.41. The molecule has 1 aromatic carbocycles. The molecule has 1 fully saturated rings. The number of aromatic nitrogens is 2. The Labute approximate surface area is 159 Å². The van der Waals surface area contributed by atoms with Crippen molar-refractivity contribution in [3.63, 3.8) is 0 Å². The van der Waals surface area contributed by atoms with Gasteiger partial charge in [-0.1, -0.05) is 12.1 Å². The molecule has 3 rings (SSSR count). The standard InChI is InChI=1S/C20H27N5O2/c1-16(26)23-19-6-4-17(5-7-19)11-22-20(27)14-24-9-2-3-18(12-24)13-25-10-8-21-15-25/h4-8,10,15,18H,2-3,9,11-14H2,1H3,(H,22,27)(H,23,26)/t18-/m1/s1. The number of amides is 2. The third kappa shape index (κ3) is 6.21. The summed E-state index contributed by atoms with van der Waals surface area (Å²) in [5.74, 6) is 0.509. The van der Waals surface area contributed by atoms with E-state index in [1.165, 1.54) is 13.3 Å². The van der Waals surface area contributed by atoms with Crippen LogP contribution in [0, 0.1) is 5.92 Å².